The number of imidazole rings is 1. The predicted molar refractivity (Wildman–Crippen MR) is 56.7 cm³/mol. The molecule has 0 saturated heterocycles. The number of carbonyl (C=O) groups excluding carboxylic acids is 1. The molecule has 0 aliphatic rings. The van der Waals surface area contributed by atoms with Crippen molar-refractivity contribution in [2.45, 2.75) is 13.3 Å². The van der Waals surface area contributed by atoms with Gasteiger partial charge in [0, 0.05) is 6.20 Å². The van der Waals surface area contributed by atoms with E-state index in [2.05, 4.69) is 4.98 Å². The first kappa shape index (κ1) is 10.4. The molecular formula is C11H10N2O3. The second-order valence-corrected chi connectivity index (χ2v) is 3.51. The van der Waals surface area contributed by atoms with Gasteiger partial charge < -0.3 is 14.3 Å². The van der Waals surface area contributed by atoms with Crippen LogP contribution in [0, 0.1) is 6.92 Å². The number of aryl methyl sites for hydroxylation is 1. The fourth-order valence-electron chi connectivity index (χ4n) is 1.63. The van der Waals surface area contributed by atoms with E-state index < -0.39 is 5.97 Å². The molecule has 0 unspecified atom stereocenters. The first-order valence-corrected chi connectivity index (χ1v) is 4.78. The van der Waals surface area contributed by atoms with Gasteiger partial charge in [0.05, 0.1) is 11.9 Å². The molecule has 0 aliphatic heterocycles. The first-order valence-electron chi connectivity index (χ1n) is 4.78. The van der Waals surface area contributed by atoms with E-state index in [1.54, 1.807) is 16.7 Å². The summed E-state index contributed by atoms with van der Waals surface area (Å²) in [4.78, 5) is 25.4. The molecule has 1 N–H and O–H groups in total. The Morgan fingerprint density at radius 2 is 2.31 bits per heavy atom. The number of aromatic carboxylic acids is 1. The summed E-state index contributed by atoms with van der Waals surface area (Å²) in [5, 5.41) is 8.97. The van der Waals surface area contributed by atoms with Crippen molar-refractivity contribution in [3.63, 3.8) is 0 Å². The molecule has 0 atom stereocenters. The number of carboxylic acid groups (broad SMARTS) is 1. The molecule has 0 spiro atoms. The van der Waals surface area contributed by atoms with Gasteiger partial charge in [-0.2, -0.15) is 0 Å². The van der Waals surface area contributed by atoms with E-state index in [0.717, 1.165) is 5.56 Å². The Morgan fingerprint density at radius 1 is 1.56 bits per heavy atom. The van der Waals surface area contributed by atoms with Gasteiger partial charge in [-0.05, 0) is 18.6 Å². The number of aromatic nitrogens is 2. The van der Waals surface area contributed by atoms with Crippen LogP contribution < -0.4 is 0 Å². The van der Waals surface area contributed by atoms with Gasteiger partial charge in [-0.25, -0.2) is 9.78 Å². The van der Waals surface area contributed by atoms with Crippen molar-refractivity contribution < 1.29 is 14.7 Å². The number of fused-ring (bicyclic) bond motifs is 1. The summed E-state index contributed by atoms with van der Waals surface area (Å²) in [7, 11) is 0. The standard InChI is InChI=1S/C11H10N2O3/c1-7-2-3-8-10(11(15)16)12-9(4-5-14)13(8)6-7/h2-3,5-6H,4H2,1H3,(H,15,16). The SMILES string of the molecule is Cc1ccc2c(C(=O)O)nc(CC=O)n2c1. The van der Waals surface area contributed by atoms with Crippen LogP contribution in [0.1, 0.15) is 21.9 Å². The van der Waals surface area contributed by atoms with Gasteiger partial charge in [0.1, 0.15) is 12.1 Å². The quantitative estimate of drug-likeness (QED) is 0.782. The largest absolute Gasteiger partial charge is 0.476 e. The number of hydrogen-bond donors (Lipinski definition) is 1. The highest BCUT2D eigenvalue weighted by atomic mass is 16.4. The zero-order valence-corrected chi connectivity index (χ0v) is 8.67. The van der Waals surface area contributed by atoms with Crippen LogP contribution in [-0.4, -0.2) is 26.7 Å². The zero-order valence-electron chi connectivity index (χ0n) is 8.67. The minimum atomic E-state index is -1.08. The van der Waals surface area contributed by atoms with Gasteiger partial charge in [0.25, 0.3) is 0 Å². The fraction of sp³-hybridized carbons (Fsp3) is 0.182. The Balaban J connectivity index is 2.75. The van der Waals surface area contributed by atoms with Crippen molar-refractivity contribution in [2.24, 2.45) is 0 Å². The van der Waals surface area contributed by atoms with Gasteiger partial charge in [0.2, 0.25) is 0 Å². The Hall–Kier alpha value is -2.17. The molecule has 2 rings (SSSR count). The van der Waals surface area contributed by atoms with Crippen molar-refractivity contribution in [1.29, 1.82) is 0 Å². The molecule has 2 aromatic heterocycles. The minimum absolute atomic E-state index is 0.0168. The molecule has 0 aliphatic carbocycles. The highest BCUT2D eigenvalue weighted by Gasteiger charge is 2.15. The average molecular weight is 218 g/mol. The number of carbonyl (C=O) groups is 2. The third-order valence-corrected chi connectivity index (χ3v) is 2.33. The zero-order chi connectivity index (χ0) is 11.7. The summed E-state index contributed by atoms with van der Waals surface area (Å²) in [6.07, 6.45) is 2.59. The summed E-state index contributed by atoms with van der Waals surface area (Å²) < 4.78 is 1.65. The van der Waals surface area contributed by atoms with Gasteiger partial charge in [0.15, 0.2) is 5.69 Å². The van der Waals surface area contributed by atoms with Gasteiger partial charge in [-0.3, -0.25) is 0 Å². The van der Waals surface area contributed by atoms with Crippen molar-refractivity contribution in [3.05, 3.63) is 35.4 Å². The molecule has 82 valence electrons. The van der Waals surface area contributed by atoms with Crippen LogP contribution in [0.2, 0.25) is 0 Å². The van der Waals surface area contributed by atoms with E-state index in [1.165, 1.54) is 0 Å². The van der Waals surface area contributed by atoms with Crippen molar-refractivity contribution in [3.8, 4) is 0 Å². The van der Waals surface area contributed by atoms with E-state index in [-0.39, 0.29) is 12.1 Å². The smallest absolute Gasteiger partial charge is 0.356 e. The molecule has 2 heterocycles. The molecule has 5 heteroatoms. The first-order chi connectivity index (χ1) is 7.63. The normalized spacial score (nSPS) is 10.6. The van der Waals surface area contributed by atoms with Crippen molar-refractivity contribution in [2.75, 3.05) is 0 Å². The fourth-order valence-corrected chi connectivity index (χ4v) is 1.63. The summed E-state index contributed by atoms with van der Waals surface area (Å²) in [6, 6.07) is 3.51. The van der Waals surface area contributed by atoms with E-state index in [9.17, 15) is 9.59 Å². The van der Waals surface area contributed by atoms with E-state index >= 15 is 0 Å². The Labute approximate surface area is 91.3 Å². The Morgan fingerprint density at radius 3 is 2.94 bits per heavy atom. The number of nitrogens with zero attached hydrogens (tertiary/aromatic N) is 2. The van der Waals surface area contributed by atoms with Gasteiger partial charge >= 0.3 is 5.97 Å². The molecule has 2 aromatic rings. The van der Waals surface area contributed by atoms with Crippen LogP contribution in [0.4, 0.5) is 0 Å². The number of hydrogen-bond acceptors (Lipinski definition) is 3. The lowest BCUT2D eigenvalue weighted by Gasteiger charge is -1.99. The number of carboxylic acids is 1. The second-order valence-electron chi connectivity index (χ2n) is 3.51. The van der Waals surface area contributed by atoms with Gasteiger partial charge in [-0.15, -0.1) is 0 Å². The molecule has 5 nitrogen and oxygen atoms in total. The molecule has 16 heavy (non-hydrogen) atoms. The lowest BCUT2D eigenvalue weighted by Crippen LogP contribution is -1.97. The maximum Gasteiger partial charge on any atom is 0.356 e. The van der Waals surface area contributed by atoms with Gasteiger partial charge in [-0.1, -0.05) is 6.07 Å². The monoisotopic (exact) mass is 218 g/mol. The van der Waals surface area contributed by atoms with E-state index in [1.807, 2.05) is 13.0 Å². The van der Waals surface area contributed by atoms with Crippen molar-refractivity contribution >= 4 is 17.8 Å². The highest BCUT2D eigenvalue weighted by molar-refractivity contribution is 5.93. The van der Waals surface area contributed by atoms with Crippen molar-refractivity contribution in [1.82, 2.24) is 9.38 Å². The molecule has 0 fully saturated rings. The molecule has 0 bridgehead atoms. The molecule has 0 amide bonds. The third kappa shape index (κ3) is 1.56. The molecule has 0 radical (unpaired) electrons. The minimum Gasteiger partial charge on any atom is -0.476 e. The summed E-state index contributed by atoms with van der Waals surface area (Å²) in [6.45, 7) is 1.89. The van der Waals surface area contributed by atoms with Crippen LogP contribution >= 0.6 is 0 Å². The lowest BCUT2D eigenvalue weighted by atomic mass is 10.2. The average Bonchev–Trinajstić information content (AvgIpc) is 2.58. The topological polar surface area (TPSA) is 71.7 Å². The third-order valence-electron chi connectivity index (χ3n) is 2.33. The predicted octanol–water partition coefficient (Wildman–Crippen LogP) is 1.08. The lowest BCUT2D eigenvalue weighted by molar-refractivity contribution is -0.107. The van der Waals surface area contributed by atoms with Crippen LogP contribution in [0.5, 0.6) is 0 Å². The van der Waals surface area contributed by atoms with Crippen LogP contribution in [0.3, 0.4) is 0 Å². The van der Waals surface area contributed by atoms with Crippen LogP contribution in [0.25, 0.3) is 5.52 Å². The maximum atomic E-state index is 11.0. The maximum absolute atomic E-state index is 11.0. The molecule has 0 aromatic carbocycles. The Kier molecular flexibility index (Phi) is 2.44. The van der Waals surface area contributed by atoms with Crippen LogP contribution in [0.15, 0.2) is 18.3 Å². The Bertz CT molecular complexity index is 572. The molecule has 0 saturated carbocycles. The second kappa shape index (κ2) is 3.77. The number of pyridine rings is 1. The summed E-state index contributed by atoms with van der Waals surface area (Å²) in [5.74, 6) is -0.635. The van der Waals surface area contributed by atoms with E-state index in [4.69, 9.17) is 5.11 Å². The van der Waals surface area contributed by atoms with Crippen LogP contribution in [-0.2, 0) is 11.2 Å². The highest BCUT2D eigenvalue weighted by Crippen LogP contribution is 2.14. The summed E-state index contributed by atoms with van der Waals surface area (Å²) in [5.41, 5.74) is 1.47. The number of rotatable bonds is 3. The summed E-state index contributed by atoms with van der Waals surface area (Å²) >= 11 is 0. The van der Waals surface area contributed by atoms with E-state index in [0.29, 0.717) is 17.6 Å². The molecular weight excluding hydrogens is 208 g/mol. The number of aldehydes is 1.